The van der Waals surface area contributed by atoms with Gasteiger partial charge in [-0.25, -0.2) is 0 Å². The molecule has 3 fully saturated rings. The lowest BCUT2D eigenvalue weighted by atomic mass is 9.81. The molecule has 0 saturated heterocycles. The molecular weight excluding hydrogens is 1880 g/mol. The second-order valence-corrected chi connectivity index (χ2v) is 36.9. The largest absolute Gasteiger partial charge is 0.481 e. The number of benzene rings is 6. The van der Waals surface area contributed by atoms with Crippen LogP contribution in [0.3, 0.4) is 0 Å². The van der Waals surface area contributed by atoms with Crippen molar-refractivity contribution >= 4 is 58.8 Å². The monoisotopic (exact) mass is 1990 g/mol. The van der Waals surface area contributed by atoms with Gasteiger partial charge in [0.1, 0.15) is 0 Å². The molecule has 15 rings (SSSR count). The molecule has 0 bridgehead atoms. The fraction of sp³-hybridized carbons (Fsp3) is 0.547. The Kier molecular flexibility index (Phi) is 34.7. The lowest BCUT2D eigenvalue weighted by Gasteiger charge is -2.36. The van der Waals surface area contributed by atoms with E-state index in [4.69, 9.17) is 9.84 Å². The number of aryl methyl sites for hydroxylation is 9. The van der Waals surface area contributed by atoms with Gasteiger partial charge in [-0.3, -0.25) is 19.2 Å². The highest BCUT2D eigenvalue weighted by molar-refractivity contribution is 5.75. The Balaban J connectivity index is 0.000000189. The summed E-state index contributed by atoms with van der Waals surface area (Å²) in [6, 6.07) is 15.8. The number of halogens is 18. The van der Waals surface area contributed by atoms with Crippen molar-refractivity contribution in [2.75, 3.05) is 76.8 Å². The summed E-state index contributed by atoms with van der Waals surface area (Å²) >= 11 is 0. The molecule has 3 aromatic heterocycles. The van der Waals surface area contributed by atoms with E-state index in [0.29, 0.717) is 102 Å². The number of fused-ring (bicyclic) bond motifs is 3. The molecule has 6 aromatic carbocycles. The topological polar surface area (TPSA) is 318 Å². The van der Waals surface area contributed by atoms with Crippen molar-refractivity contribution in [3.05, 3.63) is 191 Å². The van der Waals surface area contributed by atoms with Gasteiger partial charge < -0.3 is 55.0 Å². The molecule has 6 heterocycles. The van der Waals surface area contributed by atoms with E-state index >= 15 is 0 Å². The maximum absolute atomic E-state index is 13.8. The van der Waals surface area contributed by atoms with Gasteiger partial charge in [-0.2, -0.15) is 93.4 Å². The van der Waals surface area contributed by atoms with Crippen molar-refractivity contribution in [2.45, 2.75) is 232 Å². The second kappa shape index (κ2) is 44.8. The molecule has 9 aromatic rings. The number of rotatable bonds is 20. The number of esters is 2. The molecule has 45 heteroatoms. The zero-order valence-corrected chi connectivity index (χ0v) is 79.0. The van der Waals surface area contributed by atoms with Gasteiger partial charge in [0.2, 0.25) is 0 Å². The van der Waals surface area contributed by atoms with E-state index in [1.54, 1.807) is 21.7 Å². The number of aliphatic carboxylic acids is 2. The van der Waals surface area contributed by atoms with Crippen molar-refractivity contribution in [3.63, 3.8) is 0 Å². The minimum Gasteiger partial charge on any atom is -0.481 e. The summed E-state index contributed by atoms with van der Waals surface area (Å²) in [5.41, 5.74) is 2.80. The third kappa shape index (κ3) is 27.4. The molecule has 27 nitrogen and oxygen atoms in total. The quantitative estimate of drug-likeness (QED) is 0.0471. The number of hydrogen-bond donors (Lipinski definition) is 3. The Bertz CT molecular complexity index is 5680. The average molecular weight is 1990 g/mol. The van der Waals surface area contributed by atoms with E-state index in [2.05, 4.69) is 78.2 Å². The number of methoxy groups -OCH3 is 2. The van der Waals surface area contributed by atoms with Gasteiger partial charge in [-0.05, 0) is 289 Å². The zero-order chi connectivity index (χ0) is 101. The van der Waals surface area contributed by atoms with Gasteiger partial charge >= 0.3 is 60.9 Å². The Morgan fingerprint density at radius 3 is 0.929 bits per heavy atom. The van der Waals surface area contributed by atoms with Crippen LogP contribution >= 0.6 is 0 Å². The Morgan fingerprint density at radius 2 is 0.643 bits per heavy atom. The van der Waals surface area contributed by atoms with E-state index in [0.717, 1.165) is 162 Å². The first kappa shape index (κ1) is 108. The van der Waals surface area contributed by atoms with Crippen LogP contribution in [0.4, 0.5) is 114 Å². The smallest absolute Gasteiger partial charge is 0.416 e. The van der Waals surface area contributed by atoms with Gasteiger partial charge in [-0.1, -0.05) is 68.4 Å². The third-order valence-corrected chi connectivity index (χ3v) is 26.5. The third-order valence-electron chi connectivity index (χ3n) is 26.5. The van der Waals surface area contributed by atoms with E-state index in [-0.39, 0.29) is 113 Å². The molecule has 0 radical (unpaired) electrons. The number of carboxylic acids is 2. The van der Waals surface area contributed by atoms with E-state index in [1.165, 1.54) is 42.7 Å². The number of aromatic nitrogens is 12. The number of tetrazole rings is 3. The van der Waals surface area contributed by atoms with Crippen molar-refractivity contribution in [2.24, 2.45) is 56.7 Å². The van der Waals surface area contributed by atoms with Crippen LogP contribution in [0, 0.1) is 77.0 Å². The highest BCUT2D eigenvalue weighted by Crippen LogP contribution is 2.50. The SMILES string of the molecule is COC(=O)C1CCC(C(=O)O)CC1.COC(=O)C1CCC(CN2CCC[C@H](N(Cc3cc(C(F)(F)F)cc(C(F)(F)F)c3)c3nnn(C)n3)c3cc(C)cc(C)c32)CC1.Cc1cc(C)c2c(c1)[C@@H](N(Cc1cc(C(F)(F)F)cc(C(F)(F)F)c1)c1nnn(C)n1)CCCN2.Cc1cc(C)c2c(c1)[C@@H](N(Cc1cc(C(F)(F)F)cc(C(F)(F)F)c1)c1nnn(C)n1)CCCN2CC1CCC(C(=O)O)CC1.O. The number of carboxylic acid groups (broad SMARTS) is 2. The molecule has 0 spiro atoms. The van der Waals surface area contributed by atoms with Crippen molar-refractivity contribution < 1.29 is 123 Å². The highest BCUT2D eigenvalue weighted by Gasteiger charge is 2.45. The van der Waals surface area contributed by atoms with Crippen LogP contribution in [0.5, 0.6) is 0 Å². The van der Waals surface area contributed by atoms with Crippen LogP contribution in [-0.2, 0) is 106 Å². The maximum atomic E-state index is 13.8. The number of carbonyl (C=O) groups is 4. The number of carbonyl (C=O) groups excluding carboxylic acids is 2. The van der Waals surface area contributed by atoms with E-state index < -0.39 is 101 Å². The summed E-state index contributed by atoms with van der Waals surface area (Å²) in [4.78, 5) is 58.4. The maximum Gasteiger partial charge on any atom is 0.416 e. The van der Waals surface area contributed by atoms with Gasteiger partial charge in [-0.15, -0.1) is 15.3 Å². The van der Waals surface area contributed by atoms with Crippen molar-refractivity contribution in [3.8, 4) is 0 Å². The number of nitrogens with one attached hydrogen (secondary N) is 1. The van der Waals surface area contributed by atoms with Crippen molar-refractivity contribution in [1.82, 2.24) is 60.6 Å². The van der Waals surface area contributed by atoms with Gasteiger partial charge in [0, 0.05) is 69.4 Å². The first-order chi connectivity index (χ1) is 65.2. The molecule has 3 aliphatic heterocycles. The molecular formula is C95H114F18N18O9. The van der Waals surface area contributed by atoms with Crippen LogP contribution in [0.2, 0.25) is 0 Å². The number of hydrogen-bond acceptors (Lipinski definition) is 21. The van der Waals surface area contributed by atoms with Crippen LogP contribution in [0.25, 0.3) is 0 Å². The molecule has 5 N–H and O–H groups in total. The molecule has 764 valence electrons. The molecule has 3 saturated carbocycles. The molecule has 6 aliphatic rings. The number of ether oxygens (including phenoxy) is 2. The fourth-order valence-electron chi connectivity index (χ4n) is 20.1. The normalized spacial score (nSPS) is 20.2. The molecule has 0 amide bonds. The minimum atomic E-state index is -4.97. The van der Waals surface area contributed by atoms with Crippen LogP contribution in [0.15, 0.2) is 91.0 Å². The Hall–Kier alpha value is -12.1. The van der Waals surface area contributed by atoms with Crippen LogP contribution in [-0.4, -0.2) is 147 Å². The summed E-state index contributed by atoms with van der Waals surface area (Å²) in [5, 5.41) is 58.4. The molecule has 140 heavy (non-hydrogen) atoms. The molecule has 3 atom stereocenters. The van der Waals surface area contributed by atoms with Crippen LogP contribution in [0.1, 0.15) is 234 Å². The Morgan fingerprint density at radius 1 is 0.371 bits per heavy atom. The number of anilines is 6. The lowest BCUT2D eigenvalue weighted by molar-refractivity contribution is -0.150. The highest BCUT2D eigenvalue weighted by atomic mass is 19.4. The average Bonchev–Trinajstić information content (AvgIpc) is 1.55. The fourth-order valence-corrected chi connectivity index (χ4v) is 20.1. The van der Waals surface area contributed by atoms with E-state index in [9.17, 15) is 103 Å². The predicted octanol–water partition coefficient (Wildman–Crippen LogP) is 20.3. The van der Waals surface area contributed by atoms with Gasteiger partial charge in [0.15, 0.2) is 0 Å². The van der Waals surface area contributed by atoms with Gasteiger partial charge in [0.05, 0.1) is 111 Å². The summed E-state index contributed by atoms with van der Waals surface area (Å²) in [6.45, 7) is 14.5. The second-order valence-electron chi connectivity index (χ2n) is 36.9. The van der Waals surface area contributed by atoms with E-state index in [1.807, 2.05) is 65.8 Å². The van der Waals surface area contributed by atoms with Crippen molar-refractivity contribution in [1.29, 1.82) is 0 Å². The number of alkyl halides is 18. The summed E-state index contributed by atoms with van der Waals surface area (Å²) < 4.78 is 255. The lowest BCUT2D eigenvalue weighted by Crippen LogP contribution is -2.34. The van der Waals surface area contributed by atoms with Gasteiger partial charge in [0.25, 0.3) is 17.8 Å². The first-order valence-corrected chi connectivity index (χ1v) is 45.8. The summed E-state index contributed by atoms with van der Waals surface area (Å²) in [5.74, 6) is -1.66. The summed E-state index contributed by atoms with van der Waals surface area (Å²) in [7, 11) is 7.40. The number of nitrogens with zero attached hydrogens (tertiary/aromatic N) is 17. The minimum absolute atomic E-state index is 0. The summed E-state index contributed by atoms with van der Waals surface area (Å²) in [6.07, 6.45) is -17.3. The molecule has 0 unspecified atom stereocenters. The zero-order valence-electron chi connectivity index (χ0n) is 79.0. The molecule has 3 aliphatic carbocycles. The standard InChI is InChI=1S/C32H38F6N6O2.C31H36F6N6O2.C23H24F6N6.C9H14O4.H2O/c1-19-12-20(2)28-26(13-19)27(6-5-11-43(28)17-21-7-9-23(10-8-21)29(45)46-4)44(30-39-41-42(3)40-30)18-22-14-24(31(33,34)35)16-25(15-22)32(36,37)38;1-18-11-19(2)27-25(12-18)26(5-4-10-42(27)16-20-6-8-22(9-7-20)28(44)45)43(29-38-40-41(3)39-29)17-21-13-23(30(32,33)34)15-24(14-21)31(35,36)37;1-13-7-14(2)20-18(8-13)19(5-4-6-30-20)35(21-31-33-34(3)32-21)12-15-9-16(22(24,25)26)11-17(10-15)23(27,28)29;1-13-9(12)7-4-2-6(3-5-7)8(10)11;/h12-16,21,23,27H,5-11,17-18H2,1-4H3;11-15,20,22,26H,4-10,16-17H2,1-3H3,(H,44,45);7-11,19,30H,4-6,12H2,1-3H3;6-7H,2-5H2,1H3,(H,10,11);1H2/t21?,23?,27-;20?,22?,26-;19-;;/m000../s1. The first-order valence-electron chi connectivity index (χ1n) is 45.8. The Labute approximate surface area is 796 Å². The predicted molar refractivity (Wildman–Crippen MR) is 480 cm³/mol. The van der Waals surface area contributed by atoms with Crippen LogP contribution < -0.4 is 29.8 Å².